The predicted molar refractivity (Wildman–Crippen MR) is 133 cm³/mol. The number of piperidine rings is 1. The van der Waals surface area contributed by atoms with E-state index in [0.717, 1.165) is 42.7 Å². The number of methoxy groups -OCH3 is 1. The molecule has 2 heterocycles. The van der Waals surface area contributed by atoms with Crippen molar-refractivity contribution < 1.29 is 14.1 Å². The van der Waals surface area contributed by atoms with E-state index < -0.39 is 0 Å². The SMILES string of the molecule is COc1ccc(C)cc1NC(=O)C1CCN(Cc2nc(-c3ccc(C(C)(C)C)cc3)no2)CC1. The van der Waals surface area contributed by atoms with Crippen LogP contribution in [0.5, 0.6) is 5.75 Å². The third kappa shape index (κ3) is 5.65. The molecule has 0 radical (unpaired) electrons. The largest absolute Gasteiger partial charge is 0.495 e. The summed E-state index contributed by atoms with van der Waals surface area (Å²) in [4.78, 5) is 19.7. The zero-order valence-corrected chi connectivity index (χ0v) is 20.7. The van der Waals surface area contributed by atoms with Crippen molar-refractivity contribution >= 4 is 11.6 Å². The van der Waals surface area contributed by atoms with E-state index in [1.807, 2.05) is 37.3 Å². The summed E-state index contributed by atoms with van der Waals surface area (Å²) >= 11 is 0. The number of hydrogen-bond acceptors (Lipinski definition) is 6. The molecule has 3 aromatic rings. The lowest BCUT2D eigenvalue weighted by Gasteiger charge is -2.30. The van der Waals surface area contributed by atoms with E-state index in [2.05, 4.69) is 53.3 Å². The Morgan fingerprint density at radius 3 is 2.50 bits per heavy atom. The smallest absolute Gasteiger partial charge is 0.241 e. The van der Waals surface area contributed by atoms with Crippen LogP contribution in [0.2, 0.25) is 0 Å². The molecule has 0 aliphatic carbocycles. The van der Waals surface area contributed by atoms with Gasteiger partial charge in [0, 0.05) is 11.5 Å². The van der Waals surface area contributed by atoms with Crippen LogP contribution in [0, 0.1) is 12.8 Å². The number of rotatable bonds is 6. The summed E-state index contributed by atoms with van der Waals surface area (Å²) in [6, 6.07) is 14.1. The molecule has 0 saturated carbocycles. The normalized spacial score (nSPS) is 15.3. The molecule has 1 aliphatic rings. The van der Waals surface area contributed by atoms with Gasteiger partial charge in [-0.25, -0.2) is 0 Å². The predicted octanol–water partition coefficient (Wildman–Crippen LogP) is 5.20. The van der Waals surface area contributed by atoms with E-state index in [1.54, 1.807) is 7.11 Å². The van der Waals surface area contributed by atoms with Gasteiger partial charge in [0.05, 0.1) is 19.3 Å². The molecule has 1 aliphatic heterocycles. The third-order valence-corrected chi connectivity index (χ3v) is 6.41. The van der Waals surface area contributed by atoms with Gasteiger partial charge in [0.2, 0.25) is 17.6 Å². The first kappa shape index (κ1) is 24.0. The van der Waals surface area contributed by atoms with Gasteiger partial charge in [-0.05, 0) is 61.5 Å². The fourth-order valence-corrected chi connectivity index (χ4v) is 4.25. The van der Waals surface area contributed by atoms with E-state index in [4.69, 9.17) is 9.26 Å². The summed E-state index contributed by atoms with van der Waals surface area (Å²) in [5, 5.41) is 7.22. The molecule has 1 N–H and O–H groups in total. The molecular formula is C27H34N4O3. The van der Waals surface area contributed by atoms with Gasteiger partial charge in [-0.15, -0.1) is 0 Å². The van der Waals surface area contributed by atoms with Crippen LogP contribution in [-0.4, -0.2) is 41.1 Å². The lowest BCUT2D eigenvalue weighted by molar-refractivity contribution is -0.121. The number of anilines is 1. The van der Waals surface area contributed by atoms with Gasteiger partial charge in [-0.2, -0.15) is 4.98 Å². The van der Waals surface area contributed by atoms with E-state index in [0.29, 0.717) is 24.0 Å². The quantitative estimate of drug-likeness (QED) is 0.542. The molecule has 1 aromatic heterocycles. The topological polar surface area (TPSA) is 80.5 Å². The lowest BCUT2D eigenvalue weighted by Crippen LogP contribution is -2.37. The number of nitrogens with one attached hydrogen (secondary N) is 1. The highest BCUT2D eigenvalue weighted by Gasteiger charge is 2.26. The summed E-state index contributed by atoms with van der Waals surface area (Å²) in [5.41, 5.74) is 4.13. The molecule has 34 heavy (non-hydrogen) atoms. The van der Waals surface area contributed by atoms with Crippen molar-refractivity contribution in [2.45, 2.75) is 52.5 Å². The van der Waals surface area contributed by atoms with E-state index >= 15 is 0 Å². The summed E-state index contributed by atoms with van der Waals surface area (Å²) in [7, 11) is 1.61. The number of benzene rings is 2. The van der Waals surface area contributed by atoms with Gasteiger partial charge < -0.3 is 14.6 Å². The minimum atomic E-state index is -0.0268. The highest BCUT2D eigenvalue weighted by molar-refractivity contribution is 5.94. The van der Waals surface area contributed by atoms with Crippen molar-refractivity contribution in [3.8, 4) is 17.1 Å². The Bertz CT molecular complexity index is 1120. The summed E-state index contributed by atoms with van der Waals surface area (Å²) in [6.45, 7) is 10.8. The lowest BCUT2D eigenvalue weighted by atomic mass is 9.87. The van der Waals surface area contributed by atoms with Gasteiger partial charge in [0.25, 0.3) is 0 Å². The summed E-state index contributed by atoms with van der Waals surface area (Å²) in [5.74, 6) is 1.90. The van der Waals surface area contributed by atoms with Crippen molar-refractivity contribution in [1.29, 1.82) is 0 Å². The van der Waals surface area contributed by atoms with Crippen molar-refractivity contribution in [2.75, 3.05) is 25.5 Å². The summed E-state index contributed by atoms with van der Waals surface area (Å²) < 4.78 is 10.9. The monoisotopic (exact) mass is 462 g/mol. The molecule has 0 atom stereocenters. The fraction of sp³-hybridized carbons (Fsp3) is 0.444. The van der Waals surface area contributed by atoms with Crippen molar-refractivity contribution in [2.24, 2.45) is 5.92 Å². The minimum absolute atomic E-state index is 0.0268. The minimum Gasteiger partial charge on any atom is -0.495 e. The number of nitrogens with zero attached hydrogens (tertiary/aromatic N) is 3. The van der Waals surface area contributed by atoms with Crippen LogP contribution in [-0.2, 0) is 16.8 Å². The second-order valence-corrected chi connectivity index (χ2v) is 10.1. The molecular weight excluding hydrogens is 428 g/mol. The number of aromatic nitrogens is 2. The van der Waals surface area contributed by atoms with Crippen LogP contribution in [0.15, 0.2) is 47.0 Å². The fourth-order valence-electron chi connectivity index (χ4n) is 4.25. The van der Waals surface area contributed by atoms with Gasteiger partial charge in [0.1, 0.15) is 5.75 Å². The van der Waals surface area contributed by atoms with Gasteiger partial charge in [-0.3, -0.25) is 9.69 Å². The molecule has 7 nitrogen and oxygen atoms in total. The van der Waals surface area contributed by atoms with Crippen molar-refractivity contribution in [3.05, 3.63) is 59.5 Å². The molecule has 0 spiro atoms. The van der Waals surface area contributed by atoms with Gasteiger partial charge in [0.15, 0.2) is 0 Å². The van der Waals surface area contributed by atoms with Gasteiger partial charge >= 0.3 is 0 Å². The molecule has 1 amide bonds. The first-order valence-electron chi connectivity index (χ1n) is 11.8. The van der Waals surface area contributed by atoms with Crippen LogP contribution >= 0.6 is 0 Å². The maximum Gasteiger partial charge on any atom is 0.241 e. The first-order chi connectivity index (χ1) is 16.2. The van der Waals surface area contributed by atoms with E-state index in [1.165, 1.54) is 5.56 Å². The number of carbonyl (C=O) groups excluding carboxylic acids is 1. The summed E-state index contributed by atoms with van der Waals surface area (Å²) in [6.07, 6.45) is 1.57. The Hall–Kier alpha value is -3.19. The number of ether oxygens (including phenoxy) is 1. The Morgan fingerprint density at radius 1 is 1.15 bits per heavy atom. The average molecular weight is 463 g/mol. The van der Waals surface area contributed by atoms with E-state index in [-0.39, 0.29) is 17.2 Å². The van der Waals surface area contributed by atoms with Crippen LogP contribution in [0.4, 0.5) is 5.69 Å². The van der Waals surface area contributed by atoms with Gasteiger partial charge in [-0.1, -0.05) is 56.3 Å². The Labute approximate surface area is 201 Å². The number of amides is 1. The molecule has 0 unspecified atom stereocenters. The molecule has 4 rings (SSSR count). The van der Waals surface area contributed by atoms with Crippen LogP contribution < -0.4 is 10.1 Å². The number of hydrogen-bond donors (Lipinski definition) is 1. The molecule has 1 fully saturated rings. The van der Waals surface area contributed by atoms with Crippen LogP contribution in [0.1, 0.15) is 50.6 Å². The molecule has 7 heteroatoms. The standard InChI is InChI=1S/C27H34N4O3/c1-18-6-11-23(33-5)22(16-18)28-26(32)20-12-14-31(15-13-20)17-24-29-25(30-34-24)19-7-9-21(10-8-19)27(2,3)4/h6-11,16,20H,12-15,17H2,1-5H3,(H,28,32). The number of likely N-dealkylation sites (tertiary alicyclic amines) is 1. The van der Waals surface area contributed by atoms with Crippen LogP contribution in [0.3, 0.4) is 0 Å². The van der Waals surface area contributed by atoms with Crippen molar-refractivity contribution in [3.63, 3.8) is 0 Å². The molecule has 180 valence electrons. The Morgan fingerprint density at radius 2 is 1.85 bits per heavy atom. The molecule has 1 saturated heterocycles. The highest BCUT2D eigenvalue weighted by Crippen LogP contribution is 2.28. The number of aryl methyl sites for hydroxylation is 1. The molecule has 0 bridgehead atoms. The van der Waals surface area contributed by atoms with Crippen LogP contribution in [0.25, 0.3) is 11.4 Å². The zero-order chi connectivity index (χ0) is 24.3. The molecule has 2 aromatic carbocycles. The average Bonchev–Trinajstić information content (AvgIpc) is 3.28. The maximum absolute atomic E-state index is 12.8. The highest BCUT2D eigenvalue weighted by atomic mass is 16.5. The Balaban J connectivity index is 1.30. The third-order valence-electron chi connectivity index (χ3n) is 6.41. The Kier molecular flexibility index (Phi) is 7.03. The second-order valence-electron chi connectivity index (χ2n) is 10.1. The second kappa shape index (κ2) is 9.97. The zero-order valence-electron chi connectivity index (χ0n) is 20.7. The maximum atomic E-state index is 12.8. The van der Waals surface area contributed by atoms with Crippen molar-refractivity contribution in [1.82, 2.24) is 15.0 Å². The number of carbonyl (C=O) groups is 1. The first-order valence-corrected chi connectivity index (χ1v) is 11.8. The van der Waals surface area contributed by atoms with E-state index in [9.17, 15) is 4.79 Å².